The van der Waals surface area contributed by atoms with Crippen LogP contribution >= 0.6 is 0 Å². The fourth-order valence-electron chi connectivity index (χ4n) is 3.55. The van der Waals surface area contributed by atoms with Gasteiger partial charge in [-0.1, -0.05) is 48.5 Å². The van der Waals surface area contributed by atoms with Crippen molar-refractivity contribution < 1.29 is 0 Å². The van der Waals surface area contributed by atoms with E-state index in [1.807, 2.05) is 31.2 Å². The summed E-state index contributed by atoms with van der Waals surface area (Å²) in [5, 5.41) is 3.26. The van der Waals surface area contributed by atoms with Crippen LogP contribution in [-0.4, -0.2) is 50.9 Å². The summed E-state index contributed by atoms with van der Waals surface area (Å²) >= 11 is 0. The van der Waals surface area contributed by atoms with E-state index in [-0.39, 0.29) is 5.95 Å². The van der Waals surface area contributed by atoms with Crippen molar-refractivity contribution >= 4 is 17.6 Å². The van der Waals surface area contributed by atoms with Gasteiger partial charge in [0.05, 0.1) is 6.54 Å². The summed E-state index contributed by atoms with van der Waals surface area (Å²) in [4.78, 5) is 18.0. The van der Waals surface area contributed by atoms with Crippen molar-refractivity contribution in [2.75, 3.05) is 37.2 Å². The van der Waals surface area contributed by atoms with Crippen molar-refractivity contribution in [3.8, 4) is 0 Å². The molecular formula is C22H27N7. The molecule has 0 bridgehead atoms. The van der Waals surface area contributed by atoms with Gasteiger partial charge >= 0.3 is 0 Å². The maximum absolute atomic E-state index is 5.94. The van der Waals surface area contributed by atoms with Gasteiger partial charge in [0.2, 0.25) is 11.9 Å². The third-order valence-corrected chi connectivity index (χ3v) is 5.17. The predicted molar refractivity (Wildman–Crippen MR) is 116 cm³/mol. The number of aryl methyl sites for hydroxylation is 1. The molecule has 7 nitrogen and oxygen atoms in total. The minimum Gasteiger partial charge on any atom is -0.368 e. The van der Waals surface area contributed by atoms with Crippen molar-refractivity contribution in [2.24, 2.45) is 0 Å². The van der Waals surface area contributed by atoms with Gasteiger partial charge in [-0.05, 0) is 24.1 Å². The molecule has 1 aliphatic rings. The maximum atomic E-state index is 5.94. The Hall–Kier alpha value is -3.03. The van der Waals surface area contributed by atoms with Crippen LogP contribution in [0.4, 0.5) is 17.6 Å². The quantitative estimate of drug-likeness (QED) is 0.671. The van der Waals surface area contributed by atoms with Gasteiger partial charge in [0.15, 0.2) is 0 Å². The van der Waals surface area contributed by atoms with Gasteiger partial charge < -0.3 is 11.1 Å². The minimum atomic E-state index is 0.244. The lowest BCUT2D eigenvalue weighted by Crippen LogP contribution is -2.45. The number of nitrogens with two attached hydrogens (primary N) is 1. The van der Waals surface area contributed by atoms with Gasteiger partial charge in [0.25, 0.3) is 0 Å². The monoisotopic (exact) mass is 389 g/mol. The molecule has 0 unspecified atom stereocenters. The van der Waals surface area contributed by atoms with Gasteiger partial charge in [-0.3, -0.25) is 9.80 Å². The minimum absolute atomic E-state index is 0.244. The highest BCUT2D eigenvalue weighted by atomic mass is 15.3. The molecule has 3 aromatic rings. The Morgan fingerprint density at radius 2 is 1.48 bits per heavy atom. The maximum Gasteiger partial charge on any atom is 0.232 e. The fraction of sp³-hybridized carbons (Fsp3) is 0.318. The molecule has 3 N–H and O–H groups in total. The summed E-state index contributed by atoms with van der Waals surface area (Å²) in [6, 6.07) is 18.7. The number of benzene rings is 2. The lowest BCUT2D eigenvalue weighted by Gasteiger charge is -2.34. The molecule has 7 heteroatoms. The highest BCUT2D eigenvalue weighted by Gasteiger charge is 2.18. The molecule has 0 amide bonds. The molecule has 2 heterocycles. The number of hydrogen-bond donors (Lipinski definition) is 2. The Morgan fingerprint density at radius 3 is 2.21 bits per heavy atom. The average molecular weight is 390 g/mol. The summed E-state index contributed by atoms with van der Waals surface area (Å²) in [6.07, 6.45) is 0. The second kappa shape index (κ2) is 8.98. The standard InChI is InChI=1S/C22H27N7/c1-17-7-5-6-10-19(17)24-22-26-20(25-21(23)27-22)16-29-13-11-28(12-14-29)15-18-8-3-2-4-9-18/h2-10H,11-16H2,1H3,(H3,23,24,25,26,27). The van der Waals surface area contributed by atoms with Crippen LogP contribution in [0.15, 0.2) is 54.6 Å². The van der Waals surface area contributed by atoms with Crippen LogP contribution in [0, 0.1) is 6.92 Å². The van der Waals surface area contributed by atoms with Gasteiger partial charge in [-0.15, -0.1) is 0 Å². The fourth-order valence-corrected chi connectivity index (χ4v) is 3.55. The molecule has 0 radical (unpaired) electrons. The zero-order valence-corrected chi connectivity index (χ0v) is 16.8. The highest BCUT2D eigenvalue weighted by molar-refractivity contribution is 5.58. The molecule has 0 atom stereocenters. The average Bonchev–Trinajstić information content (AvgIpc) is 2.72. The largest absolute Gasteiger partial charge is 0.368 e. The summed E-state index contributed by atoms with van der Waals surface area (Å²) in [7, 11) is 0. The van der Waals surface area contributed by atoms with Gasteiger partial charge in [0.1, 0.15) is 5.82 Å². The Kier molecular flexibility index (Phi) is 5.97. The lowest BCUT2D eigenvalue weighted by atomic mass is 10.2. The second-order valence-corrected chi connectivity index (χ2v) is 7.41. The van der Waals surface area contributed by atoms with E-state index < -0.39 is 0 Å². The Balaban J connectivity index is 1.35. The van der Waals surface area contributed by atoms with Gasteiger partial charge in [-0.2, -0.15) is 15.0 Å². The first-order valence-corrected chi connectivity index (χ1v) is 9.97. The van der Waals surface area contributed by atoms with E-state index >= 15 is 0 Å². The zero-order chi connectivity index (χ0) is 20.1. The Labute approximate surface area is 171 Å². The van der Waals surface area contributed by atoms with Crippen LogP contribution in [0.1, 0.15) is 17.0 Å². The number of hydrogen-bond acceptors (Lipinski definition) is 7. The highest BCUT2D eigenvalue weighted by Crippen LogP contribution is 2.18. The van der Waals surface area contributed by atoms with Crippen LogP contribution in [0.3, 0.4) is 0 Å². The first kappa shape index (κ1) is 19.3. The number of anilines is 3. The normalized spacial score (nSPS) is 15.3. The van der Waals surface area contributed by atoms with E-state index in [1.54, 1.807) is 0 Å². The number of rotatable bonds is 6. The first-order chi connectivity index (χ1) is 14.2. The molecule has 29 heavy (non-hydrogen) atoms. The molecule has 0 saturated carbocycles. The van der Waals surface area contributed by atoms with E-state index in [9.17, 15) is 0 Å². The van der Waals surface area contributed by atoms with Crippen LogP contribution in [0.25, 0.3) is 0 Å². The van der Waals surface area contributed by atoms with Crippen molar-refractivity contribution in [3.63, 3.8) is 0 Å². The predicted octanol–water partition coefficient (Wildman–Crippen LogP) is 2.82. The van der Waals surface area contributed by atoms with E-state index in [2.05, 4.69) is 60.4 Å². The number of nitrogens with one attached hydrogen (secondary N) is 1. The molecular weight excluding hydrogens is 362 g/mol. The third-order valence-electron chi connectivity index (χ3n) is 5.17. The van der Waals surface area contributed by atoms with Crippen LogP contribution in [0.5, 0.6) is 0 Å². The second-order valence-electron chi connectivity index (χ2n) is 7.41. The van der Waals surface area contributed by atoms with E-state index in [0.717, 1.165) is 44.0 Å². The van der Waals surface area contributed by atoms with Crippen LogP contribution in [-0.2, 0) is 13.1 Å². The Bertz CT molecular complexity index is 937. The van der Waals surface area contributed by atoms with Crippen molar-refractivity contribution in [1.82, 2.24) is 24.8 Å². The zero-order valence-electron chi connectivity index (χ0n) is 16.8. The summed E-state index contributed by atoms with van der Waals surface area (Å²) in [5.41, 5.74) is 9.39. The molecule has 2 aromatic carbocycles. The van der Waals surface area contributed by atoms with Gasteiger partial charge in [-0.25, -0.2) is 0 Å². The topological polar surface area (TPSA) is 83.2 Å². The molecule has 1 aromatic heterocycles. The Morgan fingerprint density at radius 1 is 0.828 bits per heavy atom. The first-order valence-electron chi connectivity index (χ1n) is 9.97. The number of nitrogens with zero attached hydrogens (tertiary/aromatic N) is 5. The van der Waals surface area contributed by atoms with E-state index in [1.165, 1.54) is 5.56 Å². The van der Waals surface area contributed by atoms with Crippen LogP contribution < -0.4 is 11.1 Å². The smallest absolute Gasteiger partial charge is 0.232 e. The van der Waals surface area contributed by atoms with Crippen LogP contribution in [0.2, 0.25) is 0 Å². The van der Waals surface area contributed by atoms with Crippen molar-refractivity contribution in [1.29, 1.82) is 0 Å². The molecule has 0 spiro atoms. The molecule has 4 rings (SSSR count). The summed E-state index contributed by atoms with van der Waals surface area (Å²) in [6.45, 7) is 7.75. The van der Waals surface area contributed by atoms with E-state index in [4.69, 9.17) is 5.73 Å². The third kappa shape index (κ3) is 5.28. The number of para-hydroxylation sites is 1. The lowest BCUT2D eigenvalue weighted by molar-refractivity contribution is 0.120. The number of nitrogen functional groups attached to an aromatic ring is 1. The molecule has 1 aliphatic heterocycles. The number of aromatic nitrogens is 3. The van der Waals surface area contributed by atoms with Crippen molar-refractivity contribution in [2.45, 2.75) is 20.0 Å². The number of piperazine rings is 1. The summed E-state index contributed by atoms with van der Waals surface area (Å²) in [5.74, 6) is 1.43. The summed E-state index contributed by atoms with van der Waals surface area (Å²) < 4.78 is 0. The molecule has 1 fully saturated rings. The molecule has 150 valence electrons. The molecule has 1 saturated heterocycles. The SMILES string of the molecule is Cc1ccccc1Nc1nc(N)nc(CN2CCN(Cc3ccccc3)CC2)n1. The van der Waals surface area contributed by atoms with Gasteiger partial charge in [0, 0.05) is 38.4 Å². The van der Waals surface area contributed by atoms with Crippen molar-refractivity contribution in [3.05, 3.63) is 71.5 Å². The molecule has 0 aliphatic carbocycles. The van der Waals surface area contributed by atoms with E-state index in [0.29, 0.717) is 18.3 Å².